The summed E-state index contributed by atoms with van der Waals surface area (Å²) >= 11 is 0.990. The average molecular weight is 461 g/mol. The van der Waals surface area contributed by atoms with E-state index in [4.69, 9.17) is 11.5 Å². The number of primary amides is 1. The third kappa shape index (κ3) is 4.01. The first-order valence-corrected chi connectivity index (χ1v) is 9.95. The summed E-state index contributed by atoms with van der Waals surface area (Å²) < 4.78 is 24.0. The first-order valence-electron chi connectivity index (χ1n) is 8.10. The number of nitrogen functional groups attached to an aromatic ring is 1. The van der Waals surface area contributed by atoms with E-state index in [2.05, 4.69) is 15.9 Å². The highest BCUT2D eigenvalue weighted by Crippen LogP contribution is 2.40. The molecule has 0 aromatic heterocycles. The predicted molar refractivity (Wildman–Crippen MR) is 116 cm³/mol. The Hall–Kier alpha value is -2.88. The molecule has 0 aliphatic rings. The number of halogens is 1. The molecule has 1 unspecified atom stereocenters. The SMILES string of the molecule is NC(=O)N(c1ccccc1Br)c1ccccc1N(c1cccc(N)c1)S(=O)O. The van der Waals surface area contributed by atoms with E-state index in [0.29, 0.717) is 32.9 Å². The van der Waals surface area contributed by atoms with Crippen LogP contribution in [0.2, 0.25) is 0 Å². The minimum atomic E-state index is -2.43. The van der Waals surface area contributed by atoms with Crippen LogP contribution in [0.1, 0.15) is 0 Å². The summed E-state index contributed by atoms with van der Waals surface area (Å²) in [5.41, 5.74) is 13.5. The molecule has 9 heteroatoms. The van der Waals surface area contributed by atoms with E-state index >= 15 is 0 Å². The molecule has 28 heavy (non-hydrogen) atoms. The van der Waals surface area contributed by atoms with Gasteiger partial charge in [0, 0.05) is 10.2 Å². The van der Waals surface area contributed by atoms with Crippen molar-refractivity contribution in [3.05, 3.63) is 77.3 Å². The maximum Gasteiger partial charge on any atom is 0.323 e. The van der Waals surface area contributed by atoms with Crippen LogP contribution in [0.15, 0.2) is 77.3 Å². The number of urea groups is 1. The normalized spacial score (nSPS) is 11.6. The number of carbonyl (C=O) groups is 1. The van der Waals surface area contributed by atoms with Gasteiger partial charge in [-0.15, -0.1) is 0 Å². The molecule has 3 aromatic carbocycles. The Morgan fingerprint density at radius 1 is 0.929 bits per heavy atom. The zero-order chi connectivity index (χ0) is 20.3. The van der Waals surface area contributed by atoms with E-state index < -0.39 is 17.3 Å². The van der Waals surface area contributed by atoms with Gasteiger partial charge in [0.1, 0.15) is 0 Å². The lowest BCUT2D eigenvalue weighted by atomic mass is 10.2. The van der Waals surface area contributed by atoms with E-state index in [-0.39, 0.29) is 0 Å². The van der Waals surface area contributed by atoms with Gasteiger partial charge in [0.15, 0.2) is 0 Å². The lowest BCUT2D eigenvalue weighted by Gasteiger charge is -2.28. The zero-order valence-corrected chi connectivity index (χ0v) is 16.9. The molecule has 7 nitrogen and oxygen atoms in total. The van der Waals surface area contributed by atoms with Crippen molar-refractivity contribution in [3.8, 4) is 0 Å². The largest absolute Gasteiger partial charge is 0.399 e. The number of carbonyl (C=O) groups excluding carboxylic acids is 1. The summed E-state index contributed by atoms with van der Waals surface area (Å²) in [4.78, 5) is 13.6. The van der Waals surface area contributed by atoms with Gasteiger partial charge in [-0.2, -0.15) is 0 Å². The summed E-state index contributed by atoms with van der Waals surface area (Å²) in [6.45, 7) is 0. The van der Waals surface area contributed by atoms with Crippen LogP contribution in [-0.2, 0) is 11.3 Å². The third-order valence-electron chi connectivity index (χ3n) is 3.92. The molecule has 0 aliphatic carbocycles. The highest BCUT2D eigenvalue weighted by Gasteiger charge is 2.25. The smallest absolute Gasteiger partial charge is 0.323 e. The summed E-state index contributed by atoms with van der Waals surface area (Å²) in [5.74, 6) is 0. The molecule has 0 aliphatic heterocycles. The Bertz CT molecular complexity index is 1050. The second kappa shape index (κ2) is 8.42. The topological polar surface area (TPSA) is 113 Å². The van der Waals surface area contributed by atoms with Gasteiger partial charge in [-0.3, -0.25) is 9.45 Å². The zero-order valence-electron chi connectivity index (χ0n) is 14.5. The van der Waals surface area contributed by atoms with Crippen LogP contribution >= 0.6 is 15.9 Å². The molecule has 0 fully saturated rings. The average Bonchev–Trinajstić information content (AvgIpc) is 2.64. The van der Waals surface area contributed by atoms with Crippen molar-refractivity contribution in [2.45, 2.75) is 0 Å². The molecule has 0 radical (unpaired) electrons. The second-order valence-electron chi connectivity index (χ2n) is 5.73. The standard InChI is InChI=1S/C19H17BrN4O3S/c20-15-8-1-2-9-16(15)23(19(22)25)17-10-3-4-11-18(17)24(28(26)27)14-7-5-6-13(21)12-14/h1-12H,21H2,(H2,22,25)(H,26,27). The highest BCUT2D eigenvalue weighted by atomic mass is 79.9. The number of hydrogen-bond acceptors (Lipinski definition) is 3. The molecule has 0 bridgehead atoms. The van der Waals surface area contributed by atoms with Gasteiger partial charge in [-0.05, 0) is 58.4 Å². The van der Waals surface area contributed by atoms with Crippen LogP contribution in [0.3, 0.4) is 0 Å². The second-order valence-corrected chi connectivity index (χ2v) is 7.41. The van der Waals surface area contributed by atoms with Crippen LogP contribution in [0.25, 0.3) is 0 Å². The lowest BCUT2D eigenvalue weighted by molar-refractivity contribution is 0.256. The Balaban J connectivity index is 2.22. The van der Waals surface area contributed by atoms with E-state index in [1.807, 2.05) is 0 Å². The van der Waals surface area contributed by atoms with Crippen molar-refractivity contribution >= 4 is 61.7 Å². The Labute approximate surface area is 173 Å². The van der Waals surface area contributed by atoms with Crippen molar-refractivity contribution in [1.29, 1.82) is 0 Å². The van der Waals surface area contributed by atoms with Crippen LogP contribution in [-0.4, -0.2) is 14.8 Å². The highest BCUT2D eigenvalue weighted by molar-refractivity contribution is 9.10. The molecule has 2 amide bonds. The van der Waals surface area contributed by atoms with Crippen molar-refractivity contribution < 1.29 is 13.6 Å². The Kier molecular flexibility index (Phi) is 5.98. The number of amides is 2. The molecule has 0 spiro atoms. The summed E-state index contributed by atoms with van der Waals surface area (Å²) in [6.07, 6.45) is 0. The molecule has 1 atom stereocenters. The van der Waals surface area contributed by atoms with Crippen molar-refractivity contribution in [3.63, 3.8) is 0 Å². The Morgan fingerprint density at radius 3 is 2.11 bits per heavy atom. The fourth-order valence-corrected chi connectivity index (χ4v) is 3.87. The van der Waals surface area contributed by atoms with Gasteiger partial charge < -0.3 is 11.5 Å². The van der Waals surface area contributed by atoms with E-state index in [9.17, 15) is 13.6 Å². The number of anilines is 5. The number of rotatable bonds is 5. The number of para-hydroxylation sites is 3. The molecule has 0 saturated heterocycles. The van der Waals surface area contributed by atoms with Crippen LogP contribution < -0.4 is 20.7 Å². The number of nitrogens with zero attached hydrogens (tertiary/aromatic N) is 2. The summed E-state index contributed by atoms with van der Waals surface area (Å²) in [5, 5.41) is 0. The fraction of sp³-hybridized carbons (Fsp3) is 0. The molecule has 0 heterocycles. The summed E-state index contributed by atoms with van der Waals surface area (Å²) in [6, 6.07) is 19.6. The minimum absolute atomic E-state index is 0.309. The molecular formula is C19H17BrN4O3S. The minimum Gasteiger partial charge on any atom is -0.399 e. The van der Waals surface area contributed by atoms with Crippen molar-refractivity contribution in [2.75, 3.05) is 14.9 Å². The van der Waals surface area contributed by atoms with Crippen molar-refractivity contribution in [1.82, 2.24) is 0 Å². The monoisotopic (exact) mass is 460 g/mol. The van der Waals surface area contributed by atoms with Crippen LogP contribution in [0, 0.1) is 0 Å². The van der Waals surface area contributed by atoms with E-state index in [1.54, 1.807) is 72.8 Å². The molecule has 3 rings (SSSR count). The van der Waals surface area contributed by atoms with Crippen molar-refractivity contribution in [2.24, 2.45) is 5.73 Å². The van der Waals surface area contributed by atoms with Gasteiger partial charge in [-0.25, -0.2) is 13.3 Å². The number of benzene rings is 3. The van der Waals surface area contributed by atoms with Crippen LogP contribution in [0.4, 0.5) is 33.2 Å². The molecular weight excluding hydrogens is 444 g/mol. The first kappa shape index (κ1) is 19.9. The summed E-state index contributed by atoms with van der Waals surface area (Å²) in [7, 11) is 0. The van der Waals surface area contributed by atoms with Gasteiger partial charge in [0.05, 0.1) is 22.7 Å². The maximum atomic E-state index is 12.3. The number of nitrogens with two attached hydrogens (primary N) is 2. The predicted octanol–water partition coefficient (Wildman–Crippen LogP) is 4.52. The van der Waals surface area contributed by atoms with Gasteiger partial charge >= 0.3 is 6.03 Å². The van der Waals surface area contributed by atoms with Gasteiger partial charge in [0.2, 0.25) is 0 Å². The fourth-order valence-electron chi connectivity index (χ4n) is 2.79. The first-order chi connectivity index (χ1) is 13.4. The number of hydrogen-bond donors (Lipinski definition) is 3. The lowest BCUT2D eigenvalue weighted by Crippen LogP contribution is -2.33. The van der Waals surface area contributed by atoms with E-state index in [0.717, 1.165) is 0 Å². The Morgan fingerprint density at radius 2 is 1.54 bits per heavy atom. The molecule has 3 aromatic rings. The molecule has 5 N–H and O–H groups in total. The van der Waals surface area contributed by atoms with Crippen LogP contribution in [0.5, 0.6) is 0 Å². The quantitative estimate of drug-likeness (QED) is 0.383. The third-order valence-corrected chi connectivity index (χ3v) is 5.31. The molecule has 0 saturated carbocycles. The van der Waals surface area contributed by atoms with E-state index in [1.165, 1.54) is 9.21 Å². The molecule has 144 valence electrons. The van der Waals surface area contributed by atoms with Gasteiger partial charge in [0.25, 0.3) is 11.3 Å². The maximum absolute atomic E-state index is 12.3. The van der Waals surface area contributed by atoms with Gasteiger partial charge in [-0.1, -0.05) is 30.3 Å².